The molecular weight excluding hydrogens is 252 g/mol. The van der Waals surface area contributed by atoms with Crippen molar-refractivity contribution < 1.29 is 14.3 Å². The standard InChI is InChI=1S/C17H34O3/c1-7-13(5)11-15(9-3)19-17(18)20-16(10-4)12-14(6)8-2/h13-16H,7-12H2,1-6H3. The second-order valence-corrected chi connectivity index (χ2v) is 6.04. The first-order valence-corrected chi connectivity index (χ1v) is 8.33. The highest BCUT2D eigenvalue weighted by atomic mass is 16.7. The van der Waals surface area contributed by atoms with Crippen molar-refractivity contribution in [2.75, 3.05) is 0 Å². The molecule has 0 amide bonds. The fraction of sp³-hybridized carbons (Fsp3) is 0.941. The summed E-state index contributed by atoms with van der Waals surface area (Å²) in [6, 6.07) is 0. The van der Waals surface area contributed by atoms with Crippen LogP contribution >= 0.6 is 0 Å². The molecule has 0 saturated heterocycles. The summed E-state index contributed by atoms with van der Waals surface area (Å²) in [5.74, 6) is 1.16. The monoisotopic (exact) mass is 286 g/mol. The van der Waals surface area contributed by atoms with E-state index in [1.807, 2.05) is 0 Å². The fourth-order valence-corrected chi connectivity index (χ4v) is 2.13. The first-order chi connectivity index (χ1) is 9.46. The average Bonchev–Trinajstić information content (AvgIpc) is 2.45. The van der Waals surface area contributed by atoms with E-state index in [0.29, 0.717) is 11.8 Å². The maximum Gasteiger partial charge on any atom is 0.508 e. The Morgan fingerprint density at radius 3 is 1.35 bits per heavy atom. The number of hydrogen-bond donors (Lipinski definition) is 0. The highest BCUT2D eigenvalue weighted by molar-refractivity contribution is 5.60. The largest absolute Gasteiger partial charge is 0.508 e. The Hall–Kier alpha value is -0.730. The number of rotatable bonds is 10. The minimum Gasteiger partial charge on any atom is -0.431 e. The average molecular weight is 286 g/mol. The summed E-state index contributed by atoms with van der Waals surface area (Å²) in [5, 5.41) is 0. The summed E-state index contributed by atoms with van der Waals surface area (Å²) in [7, 11) is 0. The molecule has 3 heteroatoms. The molecule has 0 saturated carbocycles. The van der Waals surface area contributed by atoms with Crippen molar-refractivity contribution in [3.05, 3.63) is 0 Å². The topological polar surface area (TPSA) is 35.5 Å². The zero-order chi connectivity index (χ0) is 15.5. The third kappa shape index (κ3) is 8.44. The molecule has 0 rings (SSSR count). The van der Waals surface area contributed by atoms with Crippen LogP contribution in [0.25, 0.3) is 0 Å². The Bertz CT molecular complexity index is 229. The van der Waals surface area contributed by atoms with Crippen molar-refractivity contribution in [1.82, 2.24) is 0 Å². The highest BCUT2D eigenvalue weighted by Gasteiger charge is 2.20. The van der Waals surface area contributed by atoms with Crippen LogP contribution in [0.15, 0.2) is 0 Å². The molecule has 0 aliphatic rings. The van der Waals surface area contributed by atoms with Crippen LogP contribution in [0.1, 0.15) is 80.1 Å². The lowest BCUT2D eigenvalue weighted by Gasteiger charge is -2.22. The van der Waals surface area contributed by atoms with Gasteiger partial charge in [0.05, 0.1) is 0 Å². The Balaban J connectivity index is 4.22. The van der Waals surface area contributed by atoms with Gasteiger partial charge >= 0.3 is 6.16 Å². The molecule has 4 unspecified atom stereocenters. The van der Waals surface area contributed by atoms with Crippen molar-refractivity contribution >= 4 is 6.16 Å². The van der Waals surface area contributed by atoms with Gasteiger partial charge in [-0.2, -0.15) is 0 Å². The molecule has 0 bridgehead atoms. The smallest absolute Gasteiger partial charge is 0.431 e. The minimum atomic E-state index is -0.490. The van der Waals surface area contributed by atoms with Gasteiger partial charge in [-0.3, -0.25) is 0 Å². The van der Waals surface area contributed by atoms with Gasteiger partial charge in [0.1, 0.15) is 12.2 Å². The molecule has 0 aliphatic carbocycles. The molecule has 0 aromatic carbocycles. The van der Waals surface area contributed by atoms with Crippen LogP contribution in [-0.4, -0.2) is 18.4 Å². The van der Waals surface area contributed by atoms with Crippen LogP contribution in [0.5, 0.6) is 0 Å². The van der Waals surface area contributed by atoms with Crippen molar-refractivity contribution in [3.63, 3.8) is 0 Å². The van der Waals surface area contributed by atoms with E-state index in [1.54, 1.807) is 0 Å². The number of hydrogen-bond acceptors (Lipinski definition) is 3. The molecule has 0 heterocycles. The Morgan fingerprint density at radius 1 is 0.750 bits per heavy atom. The van der Waals surface area contributed by atoms with Gasteiger partial charge in [0.2, 0.25) is 0 Å². The Morgan fingerprint density at radius 2 is 1.10 bits per heavy atom. The van der Waals surface area contributed by atoms with Crippen LogP contribution in [0.2, 0.25) is 0 Å². The first kappa shape index (κ1) is 19.3. The summed E-state index contributed by atoms with van der Waals surface area (Å²) in [6.07, 6.45) is 5.24. The third-order valence-electron chi connectivity index (χ3n) is 4.16. The first-order valence-electron chi connectivity index (χ1n) is 8.33. The van der Waals surface area contributed by atoms with E-state index in [1.165, 1.54) is 0 Å². The van der Waals surface area contributed by atoms with Crippen LogP contribution < -0.4 is 0 Å². The third-order valence-corrected chi connectivity index (χ3v) is 4.16. The number of carbonyl (C=O) groups excluding carboxylic acids is 1. The summed E-state index contributed by atoms with van der Waals surface area (Å²) in [6.45, 7) is 12.8. The maximum absolute atomic E-state index is 11.9. The molecule has 0 aromatic heterocycles. The lowest BCUT2D eigenvalue weighted by molar-refractivity contribution is -0.0142. The number of carbonyl (C=O) groups is 1. The van der Waals surface area contributed by atoms with E-state index in [9.17, 15) is 4.79 Å². The van der Waals surface area contributed by atoms with E-state index in [4.69, 9.17) is 9.47 Å². The normalized spacial score (nSPS) is 17.1. The van der Waals surface area contributed by atoms with E-state index < -0.39 is 6.16 Å². The molecule has 0 fully saturated rings. The predicted octanol–water partition coefficient (Wildman–Crippen LogP) is 5.57. The molecule has 0 aromatic rings. The molecule has 4 atom stereocenters. The van der Waals surface area contributed by atoms with Crippen molar-refractivity contribution in [2.24, 2.45) is 11.8 Å². The van der Waals surface area contributed by atoms with Crippen molar-refractivity contribution in [2.45, 2.75) is 92.3 Å². The van der Waals surface area contributed by atoms with Gasteiger partial charge in [-0.25, -0.2) is 4.79 Å². The summed E-state index contributed by atoms with van der Waals surface area (Å²) in [5.41, 5.74) is 0. The van der Waals surface area contributed by atoms with E-state index in [-0.39, 0.29) is 12.2 Å². The Kier molecular flexibility index (Phi) is 10.6. The second-order valence-electron chi connectivity index (χ2n) is 6.04. The lowest BCUT2D eigenvalue weighted by Crippen LogP contribution is -2.25. The van der Waals surface area contributed by atoms with Gasteiger partial charge < -0.3 is 9.47 Å². The Labute approximate surface area is 125 Å². The van der Waals surface area contributed by atoms with Gasteiger partial charge in [0.25, 0.3) is 0 Å². The quantitative estimate of drug-likeness (QED) is 0.492. The summed E-state index contributed by atoms with van der Waals surface area (Å²) in [4.78, 5) is 11.9. The van der Waals surface area contributed by atoms with Crippen molar-refractivity contribution in [1.29, 1.82) is 0 Å². The SMILES string of the molecule is CCC(C)CC(CC)OC(=O)OC(CC)CC(C)CC. The van der Waals surface area contributed by atoms with E-state index in [2.05, 4.69) is 41.5 Å². The zero-order valence-electron chi connectivity index (χ0n) is 14.3. The second kappa shape index (κ2) is 11.0. The number of ether oxygens (including phenoxy) is 2. The lowest BCUT2D eigenvalue weighted by atomic mass is 9.99. The molecule has 20 heavy (non-hydrogen) atoms. The molecule has 0 radical (unpaired) electrons. The van der Waals surface area contributed by atoms with Crippen molar-refractivity contribution in [3.8, 4) is 0 Å². The van der Waals surface area contributed by atoms with Crippen LogP contribution in [0.4, 0.5) is 4.79 Å². The molecule has 3 nitrogen and oxygen atoms in total. The van der Waals surface area contributed by atoms with E-state index in [0.717, 1.165) is 38.5 Å². The summed E-state index contributed by atoms with van der Waals surface area (Å²) < 4.78 is 10.9. The molecule has 120 valence electrons. The van der Waals surface area contributed by atoms with Gasteiger partial charge in [-0.1, -0.05) is 54.4 Å². The van der Waals surface area contributed by atoms with Gasteiger partial charge in [0, 0.05) is 0 Å². The minimum absolute atomic E-state index is 0.0152. The summed E-state index contributed by atoms with van der Waals surface area (Å²) >= 11 is 0. The van der Waals surface area contributed by atoms with Gasteiger partial charge in [0.15, 0.2) is 0 Å². The van der Waals surface area contributed by atoms with E-state index >= 15 is 0 Å². The predicted molar refractivity (Wildman–Crippen MR) is 83.9 cm³/mol. The highest BCUT2D eigenvalue weighted by Crippen LogP contribution is 2.18. The van der Waals surface area contributed by atoms with Crippen LogP contribution in [-0.2, 0) is 9.47 Å². The molecule has 0 aliphatic heterocycles. The fourth-order valence-electron chi connectivity index (χ4n) is 2.13. The van der Waals surface area contributed by atoms with Crippen LogP contribution in [0, 0.1) is 11.8 Å². The van der Waals surface area contributed by atoms with Crippen LogP contribution in [0.3, 0.4) is 0 Å². The molecule has 0 N–H and O–H groups in total. The molecular formula is C17H34O3. The molecule has 0 spiro atoms. The zero-order valence-corrected chi connectivity index (χ0v) is 14.3. The maximum atomic E-state index is 11.9. The van der Waals surface area contributed by atoms with Gasteiger partial charge in [-0.05, 0) is 37.5 Å². The van der Waals surface area contributed by atoms with Gasteiger partial charge in [-0.15, -0.1) is 0 Å².